The number of nitrogens with zero attached hydrogens (tertiary/aromatic N) is 2. The number of rotatable bonds is 3. The lowest BCUT2D eigenvalue weighted by Gasteiger charge is -2.28. The third kappa shape index (κ3) is 6.32. The van der Waals surface area contributed by atoms with Crippen molar-refractivity contribution in [2.24, 2.45) is 0 Å². The summed E-state index contributed by atoms with van der Waals surface area (Å²) in [5.74, 6) is 0.998. The van der Waals surface area contributed by atoms with Crippen LogP contribution in [0.4, 0.5) is 5.82 Å². The first-order valence-electron chi connectivity index (χ1n) is 8.97. The third-order valence-electron chi connectivity index (χ3n) is 4.90. The van der Waals surface area contributed by atoms with E-state index in [9.17, 15) is 4.79 Å². The Bertz CT molecular complexity index is 518. The minimum absolute atomic E-state index is 0. The van der Waals surface area contributed by atoms with E-state index >= 15 is 0 Å². The fourth-order valence-corrected chi connectivity index (χ4v) is 3.54. The smallest absolute Gasteiger partial charge is 0.253 e. The second-order valence-electron chi connectivity index (χ2n) is 6.86. The first-order chi connectivity index (χ1) is 11.2. The molecule has 2 atom stereocenters. The van der Waals surface area contributed by atoms with Crippen molar-refractivity contribution in [3.63, 3.8) is 0 Å². The maximum atomic E-state index is 12.4. The Kier molecular flexibility index (Phi) is 9.54. The number of hydrogen-bond donors (Lipinski definition) is 2. The van der Waals surface area contributed by atoms with Crippen LogP contribution in [0.3, 0.4) is 0 Å². The fraction of sp³-hybridized carbons (Fsp3) is 0.667. The molecule has 2 unspecified atom stereocenters. The van der Waals surface area contributed by atoms with E-state index in [1.807, 2.05) is 12.1 Å². The van der Waals surface area contributed by atoms with Crippen molar-refractivity contribution >= 4 is 36.5 Å². The van der Waals surface area contributed by atoms with Crippen LogP contribution in [0.2, 0.25) is 0 Å². The lowest BCUT2D eigenvalue weighted by Crippen LogP contribution is -2.46. The largest absolute Gasteiger partial charge is 0.357 e. The number of piperidine rings is 1. The lowest BCUT2D eigenvalue weighted by molar-refractivity contribution is 0.0925. The van der Waals surface area contributed by atoms with E-state index in [0.29, 0.717) is 11.6 Å². The molecule has 1 aromatic rings. The Morgan fingerprint density at radius 1 is 1.20 bits per heavy atom. The molecule has 1 amide bonds. The van der Waals surface area contributed by atoms with Crippen molar-refractivity contribution in [2.45, 2.75) is 57.5 Å². The first-order valence-corrected chi connectivity index (χ1v) is 8.97. The zero-order chi connectivity index (χ0) is 16.1. The van der Waals surface area contributed by atoms with Gasteiger partial charge in [0, 0.05) is 31.4 Å². The highest BCUT2D eigenvalue weighted by Gasteiger charge is 2.20. The van der Waals surface area contributed by atoms with Crippen LogP contribution in [0.5, 0.6) is 0 Å². The van der Waals surface area contributed by atoms with Crippen LogP contribution in [0.15, 0.2) is 18.3 Å². The molecule has 5 nitrogen and oxygen atoms in total. The third-order valence-corrected chi connectivity index (χ3v) is 4.90. The molecule has 0 radical (unpaired) electrons. The second kappa shape index (κ2) is 10.8. The molecule has 0 aromatic carbocycles. The summed E-state index contributed by atoms with van der Waals surface area (Å²) in [7, 11) is 0. The summed E-state index contributed by atoms with van der Waals surface area (Å²) >= 11 is 0. The summed E-state index contributed by atoms with van der Waals surface area (Å²) in [6.07, 6.45) is 8.80. The van der Waals surface area contributed by atoms with Gasteiger partial charge in [-0.3, -0.25) is 4.79 Å². The number of aromatic nitrogens is 1. The molecule has 3 heterocycles. The summed E-state index contributed by atoms with van der Waals surface area (Å²) < 4.78 is 0. The monoisotopic (exact) mass is 388 g/mol. The van der Waals surface area contributed by atoms with Crippen molar-refractivity contribution in [1.82, 2.24) is 15.6 Å². The van der Waals surface area contributed by atoms with Crippen LogP contribution >= 0.6 is 24.8 Å². The Hall–Kier alpha value is -1.04. The number of carbonyl (C=O) groups excluding carboxylic acids is 1. The van der Waals surface area contributed by atoms with Crippen molar-refractivity contribution < 1.29 is 4.79 Å². The molecule has 0 saturated carbocycles. The standard InChI is InChI=1S/C18H28N4O.2ClH/c1-14-12-16(8-9-19-14)21-18(23)15-6-7-17(20-13-15)22-10-4-2-3-5-11-22;;/h6-7,13-14,16,19H,2-5,8-12H2,1H3,(H,21,23);2*1H. The van der Waals surface area contributed by atoms with Gasteiger partial charge in [-0.2, -0.15) is 0 Å². The maximum Gasteiger partial charge on any atom is 0.253 e. The first kappa shape index (κ1) is 22.0. The average Bonchev–Trinajstić information content (AvgIpc) is 2.84. The molecule has 0 bridgehead atoms. The van der Waals surface area contributed by atoms with E-state index in [1.54, 1.807) is 6.20 Å². The van der Waals surface area contributed by atoms with Gasteiger partial charge in [-0.05, 0) is 51.3 Å². The summed E-state index contributed by atoms with van der Waals surface area (Å²) in [6.45, 7) is 5.28. The molecular weight excluding hydrogens is 359 g/mol. The Balaban J connectivity index is 0.00000156. The van der Waals surface area contributed by atoms with E-state index in [-0.39, 0.29) is 36.8 Å². The van der Waals surface area contributed by atoms with Crippen LogP contribution in [0.25, 0.3) is 0 Å². The number of halogens is 2. The summed E-state index contributed by atoms with van der Waals surface area (Å²) in [6, 6.07) is 4.64. The topological polar surface area (TPSA) is 57.3 Å². The maximum absolute atomic E-state index is 12.4. The quantitative estimate of drug-likeness (QED) is 0.834. The van der Waals surface area contributed by atoms with Gasteiger partial charge in [-0.1, -0.05) is 12.8 Å². The summed E-state index contributed by atoms with van der Waals surface area (Å²) in [4.78, 5) is 19.2. The average molecular weight is 389 g/mol. The summed E-state index contributed by atoms with van der Waals surface area (Å²) in [5, 5.41) is 6.55. The van der Waals surface area contributed by atoms with Gasteiger partial charge in [0.25, 0.3) is 5.91 Å². The predicted octanol–water partition coefficient (Wildman–Crippen LogP) is 3.18. The number of amides is 1. The minimum Gasteiger partial charge on any atom is -0.357 e. The summed E-state index contributed by atoms with van der Waals surface area (Å²) in [5.41, 5.74) is 0.662. The van der Waals surface area contributed by atoms with Gasteiger partial charge in [0.15, 0.2) is 0 Å². The van der Waals surface area contributed by atoms with Crippen LogP contribution in [-0.2, 0) is 0 Å². The van der Waals surface area contributed by atoms with E-state index in [1.165, 1.54) is 25.7 Å². The molecule has 0 spiro atoms. The molecular formula is C18H30Cl2N4O. The Morgan fingerprint density at radius 2 is 1.92 bits per heavy atom. The number of anilines is 1. The van der Waals surface area contributed by atoms with E-state index in [4.69, 9.17) is 0 Å². The normalized spacial score (nSPS) is 23.6. The van der Waals surface area contributed by atoms with Gasteiger partial charge in [-0.15, -0.1) is 24.8 Å². The van der Waals surface area contributed by atoms with Gasteiger partial charge < -0.3 is 15.5 Å². The van der Waals surface area contributed by atoms with Gasteiger partial charge in [0.1, 0.15) is 5.82 Å². The molecule has 3 rings (SSSR count). The lowest BCUT2D eigenvalue weighted by atomic mass is 10.0. The van der Waals surface area contributed by atoms with E-state index in [0.717, 1.165) is 38.3 Å². The van der Waals surface area contributed by atoms with Crippen molar-refractivity contribution in [3.05, 3.63) is 23.9 Å². The molecule has 2 saturated heterocycles. The molecule has 142 valence electrons. The molecule has 25 heavy (non-hydrogen) atoms. The number of hydrogen-bond acceptors (Lipinski definition) is 4. The van der Waals surface area contributed by atoms with E-state index in [2.05, 4.69) is 27.4 Å². The van der Waals surface area contributed by atoms with Crippen LogP contribution in [-0.4, -0.2) is 42.6 Å². The van der Waals surface area contributed by atoms with Gasteiger partial charge in [0.05, 0.1) is 5.56 Å². The minimum atomic E-state index is -0.000911. The highest BCUT2D eigenvalue weighted by molar-refractivity contribution is 5.94. The zero-order valence-electron chi connectivity index (χ0n) is 14.9. The highest BCUT2D eigenvalue weighted by Crippen LogP contribution is 2.17. The van der Waals surface area contributed by atoms with Crippen LogP contribution in [0.1, 0.15) is 55.8 Å². The van der Waals surface area contributed by atoms with Crippen molar-refractivity contribution in [1.29, 1.82) is 0 Å². The van der Waals surface area contributed by atoms with Crippen LogP contribution < -0.4 is 15.5 Å². The fourth-order valence-electron chi connectivity index (χ4n) is 3.54. The number of pyridine rings is 1. The van der Waals surface area contributed by atoms with Gasteiger partial charge in [0.2, 0.25) is 0 Å². The molecule has 7 heteroatoms. The van der Waals surface area contributed by atoms with E-state index < -0.39 is 0 Å². The Morgan fingerprint density at radius 3 is 2.52 bits per heavy atom. The number of carbonyl (C=O) groups is 1. The SMILES string of the molecule is CC1CC(NC(=O)c2ccc(N3CCCCCC3)nc2)CCN1.Cl.Cl. The zero-order valence-corrected chi connectivity index (χ0v) is 16.5. The molecule has 2 aliphatic heterocycles. The van der Waals surface area contributed by atoms with Crippen molar-refractivity contribution in [2.75, 3.05) is 24.5 Å². The molecule has 0 aliphatic carbocycles. The molecule has 2 aliphatic rings. The molecule has 1 aromatic heterocycles. The Labute approximate surface area is 163 Å². The predicted molar refractivity (Wildman–Crippen MR) is 107 cm³/mol. The molecule has 2 N–H and O–H groups in total. The number of nitrogens with one attached hydrogen (secondary N) is 2. The molecule has 2 fully saturated rings. The van der Waals surface area contributed by atoms with Crippen molar-refractivity contribution in [3.8, 4) is 0 Å². The van der Waals surface area contributed by atoms with Gasteiger partial charge in [-0.25, -0.2) is 4.98 Å². The second-order valence-corrected chi connectivity index (χ2v) is 6.86. The van der Waals surface area contributed by atoms with Gasteiger partial charge >= 0.3 is 0 Å². The highest BCUT2D eigenvalue weighted by atomic mass is 35.5. The van der Waals surface area contributed by atoms with Crippen LogP contribution in [0, 0.1) is 0 Å².